The van der Waals surface area contributed by atoms with Gasteiger partial charge in [-0.25, -0.2) is 0 Å². The number of nitrogens with one attached hydrogen (secondary N) is 1. The second-order valence-corrected chi connectivity index (χ2v) is 7.58. The van der Waals surface area contributed by atoms with Gasteiger partial charge in [-0.2, -0.15) is 5.10 Å². The highest BCUT2D eigenvalue weighted by Gasteiger charge is 2.15. The third kappa shape index (κ3) is 5.04. The largest absolute Gasteiger partial charge is 0.465 e. The summed E-state index contributed by atoms with van der Waals surface area (Å²) in [7, 11) is 4.23. The Hall–Kier alpha value is -1.89. The smallest absolute Gasteiger partial charge is 0.118 e. The molecule has 0 spiro atoms. The summed E-state index contributed by atoms with van der Waals surface area (Å²) in [6.45, 7) is 5.77. The second kappa shape index (κ2) is 8.47. The predicted molar refractivity (Wildman–Crippen MR) is 103 cm³/mol. The summed E-state index contributed by atoms with van der Waals surface area (Å²) in [6.07, 6.45) is 3.07. The molecule has 134 valence electrons. The van der Waals surface area contributed by atoms with Crippen LogP contribution in [0.5, 0.6) is 0 Å². The summed E-state index contributed by atoms with van der Waals surface area (Å²) < 4.78 is 5.79. The van der Waals surface area contributed by atoms with Crippen LogP contribution in [0.4, 0.5) is 0 Å². The van der Waals surface area contributed by atoms with E-state index < -0.39 is 0 Å². The molecule has 3 aromatic heterocycles. The maximum Gasteiger partial charge on any atom is 0.118 e. The number of hydrogen-bond acceptors (Lipinski definition) is 5. The van der Waals surface area contributed by atoms with E-state index >= 15 is 0 Å². The first-order chi connectivity index (χ1) is 12.1. The predicted octanol–water partition coefficient (Wildman–Crippen LogP) is 3.99. The van der Waals surface area contributed by atoms with E-state index in [0.717, 1.165) is 49.8 Å². The molecule has 0 atom stereocenters. The zero-order chi connectivity index (χ0) is 17.6. The number of aryl methyl sites for hydroxylation is 1. The van der Waals surface area contributed by atoms with Crippen LogP contribution in [0.2, 0.25) is 0 Å². The molecule has 1 N–H and O–H groups in total. The highest BCUT2D eigenvalue weighted by molar-refractivity contribution is 7.13. The first-order valence-electron chi connectivity index (χ1n) is 8.60. The Morgan fingerprint density at radius 2 is 2.04 bits per heavy atom. The second-order valence-electron chi connectivity index (χ2n) is 6.63. The average molecular weight is 359 g/mol. The first-order valence-corrected chi connectivity index (χ1v) is 9.48. The van der Waals surface area contributed by atoms with Gasteiger partial charge in [-0.3, -0.25) is 10.00 Å². The molecule has 3 aromatic rings. The van der Waals surface area contributed by atoms with Gasteiger partial charge >= 0.3 is 0 Å². The Morgan fingerprint density at radius 1 is 1.16 bits per heavy atom. The maximum atomic E-state index is 5.79. The number of aromatic nitrogens is 2. The normalized spacial score (nSPS) is 11.7. The molecule has 0 amide bonds. The van der Waals surface area contributed by atoms with Crippen LogP contribution in [0.1, 0.15) is 23.5 Å². The van der Waals surface area contributed by atoms with Gasteiger partial charge in [0, 0.05) is 18.7 Å². The zero-order valence-electron chi connectivity index (χ0n) is 15.2. The molecule has 0 fully saturated rings. The van der Waals surface area contributed by atoms with Crippen molar-refractivity contribution in [1.29, 1.82) is 0 Å². The molecule has 0 aliphatic carbocycles. The van der Waals surface area contributed by atoms with Crippen LogP contribution in [0.15, 0.2) is 40.3 Å². The van der Waals surface area contributed by atoms with Crippen LogP contribution in [-0.4, -0.2) is 47.2 Å². The Morgan fingerprint density at radius 3 is 2.72 bits per heavy atom. The summed E-state index contributed by atoms with van der Waals surface area (Å²) in [5.41, 5.74) is 2.36. The summed E-state index contributed by atoms with van der Waals surface area (Å²) >= 11 is 1.74. The number of nitrogens with zero attached hydrogens (tertiary/aromatic N) is 3. The van der Waals surface area contributed by atoms with E-state index in [2.05, 4.69) is 57.7 Å². The van der Waals surface area contributed by atoms with Gasteiger partial charge < -0.3 is 9.32 Å². The Labute approximate surface area is 153 Å². The standard InChI is InChI=1S/C19H26N4OS/c1-15-7-8-17(24-15)14-23(10-5-9-22(2)3)13-16-12-20-21-19(16)18-6-4-11-25-18/h4,6-8,11-12H,5,9-10,13-14H2,1-3H3,(H,20,21). The molecular weight excluding hydrogens is 332 g/mol. The lowest BCUT2D eigenvalue weighted by Gasteiger charge is -2.22. The van der Waals surface area contributed by atoms with Crippen molar-refractivity contribution in [3.63, 3.8) is 0 Å². The molecule has 0 bridgehead atoms. The van der Waals surface area contributed by atoms with Gasteiger partial charge in [0.05, 0.1) is 23.3 Å². The van der Waals surface area contributed by atoms with Gasteiger partial charge in [0.1, 0.15) is 11.5 Å². The average Bonchev–Trinajstić information content (AvgIpc) is 3.28. The lowest BCUT2D eigenvalue weighted by molar-refractivity contribution is 0.221. The van der Waals surface area contributed by atoms with Crippen LogP contribution in [0.3, 0.4) is 0 Å². The Balaban J connectivity index is 1.71. The minimum atomic E-state index is 0.816. The van der Waals surface area contributed by atoms with Gasteiger partial charge in [-0.05, 0) is 57.6 Å². The highest BCUT2D eigenvalue weighted by Crippen LogP contribution is 2.27. The Kier molecular flexibility index (Phi) is 6.07. The summed E-state index contributed by atoms with van der Waals surface area (Å²) in [4.78, 5) is 5.89. The van der Waals surface area contributed by atoms with Gasteiger partial charge in [-0.15, -0.1) is 11.3 Å². The molecule has 0 saturated carbocycles. The van der Waals surface area contributed by atoms with E-state index in [-0.39, 0.29) is 0 Å². The van der Waals surface area contributed by atoms with Crippen LogP contribution in [0, 0.1) is 6.92 Å². The lowest BCUT2D eigenvalue weighted by Crippen LogP contribution is -2.26. The first kappa shape index (κ1) is 17.9. The van der Waals surface area contributed by atoms with Crippen LogP contribution < -0.4 is 0 Å². The molecule has 0 aromatic carbocycles. The van der Waals surface area contributed by atoms with Crippen LogP contribution >= 0.6 is 11.3 Å². The molecular formula is C19H26N4OS. The minimum absolute atomic E-state index is 0.816. The van der Waals surface area contributed by atoms with Gasteiger partial charge in [0.2, 0.25) is 0 Å². The van der Waals surface area contributed by atoms with Crippen molar-refractivity contribution in [3.8, 4) is 10.6 Å². The number of hydrogen-bond donors (Lipinski definition) is 1. The van der Waals surface area contributed by atoms with Crippen molar-refractivity contribution in [3.05, 3.63) is 52.9 Å². The molecule has 5 nitrogen and oxygen atoms in total. The van der Waals surface area contributed by atoms with Gasteiger partial charge in [0.25, 0.3) is 0 Å². The van der Waals surface area contributed by atoms with E-state index in [1.54, 1.807) is 11.3 Å². The molecule has 3 heterocycles. The third-order valence-corrected chi connectivity index (χ3v) is 5.02. The van der Waals surface area contributed by atoms with Crippen molar-refractivity contribution >= 4 is 11.3 Å². The monoisotopic (exact) mass is 358 g/mol. The molecule has 3 rings (SSSR count). The molecule has 6 heteroatoms. The number of rotatable bonds is 9. The molecule has 0 saturated heterocycles. The zero-order valence-corrected chi connectivity index (χ0v) is 16.0. The summed E-state index contributed by atoms with van der Waals surface area (Å²) in [5.74, 6) is 1.98. The fraction of sp³-hybridized carbons (Fsp3) is 0.421. The van der Waals surface area contributed by atoms with E-state index in [4.69, 9.17) is 4.42 Å². The molecule has 0 radical (unpaired) electrons. The van der Waals surface area contributed by atoms with Crippen molar-refractivity contribution in [1.82, 2.24) is 20.0 Å². The summed E-state index contributed by atoms with van der Waals surface area (Å²) in [6, 6.07) is 8.31. The fourth-order valence-electron chi connectivity index (χ4n) is 2.92. The SMILES string of the molecule is Cc1ccc(CN(CCCN(C)C)Cc2cn[nH]c2-c2cccs2)o1. The summed E-state index contributed by atoms with van der Waals surface area (Å²) in [5, 5.41) is 9.53. The molecule has 0 aliphatic rings. The highest BCUT2D eigenvalue weighted by atomic mass is 32.1. The molecule has 0 unspecified atom stereocenters. The van der Waals surface area contributed by atoms with Crippen LogP contribution in [-0.2, 0) is 13.1 Å². The number of H-pyrrole nitrogens is 1. The maximum absolute atomic E-state index is 5.79. The number of thiophene rings is 1. The molecule has 25 heavy (non-hydrogen) atoms. The van der Waals surface area contributed by atoms with Gasteiger partial charge in [0.15, 0.2) is 0 Å². The van der Waals surface area contributed by atoms with E-state index in [0.29, 0.717) is 0 Å². The number of furan rings is 1. The van der Waals surface area contributed by atoms with Crippen molar-refractivity contribution in [2.45, 2.75) is 26.4 Å². The quantitative estimate of drug-likeness (QED) is 0.628. The van der Waals surface area contributed by atoms with E-state index in [1.807, 2.05) is 19.2 Å². The van der Waals surface area contributed by atoms with E-state index in [9.17, 15) is 0 Å². The topological polar surface area (TPSA) is 48.3 Å². The van der Waals surface area contributed by atoms with Crippen molar-refractivity contribution in [2.75, 3.05) is 27.2 Å². The van der Waals surface area contributed by atoms with Crippen molar-refractivity contribution in [2.24, 2.45) is 0 Å². The van der Waals surface area contributed by atoms with Crippen LogP contribution in [0.25, 0.3) is 10.6 Å². The third-order valence-electron chi connectivity index (χ3n) is 4.13. The fourth-order valence-corrected chi connectivity index (χ4v) is 3.68. The lowest BCUT2D eigenvalue weighted by atomic mass is 10.2. The number of aromatic amines is 1. The van der Waals surface area contributed by atoms with E-state index in [1.165, 1.54) is 10.4 Å². The van der Waals surface area contributed by atoms with Gasteiger partial charge in [-0.1, -0.05) is 6.07 Å². The Bertz CT molecular complexity index is 760. The molecule has 0 aliphatic heterocycles. The van der Waals surface area contributed by atoms with Crippen molar-refractivity contribution < 1.29 is 4.42 Å². The minimum Gasteiger partial charge on any atom is -0.465 e.